The highest BCUT2D eigenvalue weighted by atomic mass is 16.3. The van der Waals surface area contributed by atoms with Crippen molar-refractivity contribution in [1.29, 1.82) is 0 Å². The van der Waals surface area contributed by atoms with Crippen LogP contribution in [0.5, 0.6) is 5.75 Å². The molecule has 4 atom stereocenters. The van der Waals surface area contributed by atoms with E-state index in [1.54, 1.807) is 6.07 Å². The van der Waals surface area contributed by atoms with E-state index in [1.807, 2.05) is 16.7 Å². The summed E-state index contributed by atoms with van der Waals surface area (Å²) >= 11 is 0. The Labute approximate surface area is 142 Å². The Morgan fingerprint density at radius 3 is 2.83 bits per heavy atom. The summed E-state index contributed by atoms with van der Waals surface area (Å²) in [5, 5.41) is 11.4. The zero-order chi connectivity index (χ0) is 16.6. The van der Waals surface area contributed by atoms with Gasteiger partial charge in [0.15, 0.2) is 0 Å². The van der Waals surface area contributed by atoms with Crippen molar-refractivity contribution in [2.24, 2.45) is 11.8 Å². The van der Waals surface area contributed by atoms with Gasteiger partial charge in [-0.2, -0.15) is 0 Å². The van der Waals surface area contributed by atoms with Gasteiger partial charge in [-0.1, -0.05) is 12.5 Å². The first-order chi connectivity index (χ1) is 11.6. The van der Waals surface area contributed by atoms with Crippen molar-refractivity contribution in [1.82, 2.24) is 9.47 Å². The van der Waals surface area contributed by atoms with E-state index in [2.05, 4.69) is 19.0 Å². The number of nitrogens with zero attached hydrogens (tertiary/aromatic N) is 2. The summed E-state index contributed by atoms with van der Waals surface area (Å²) in [5.74, 6) is 2.12. The fourth-order valence-electron chi connectivity index (χ4n) is 5.90. The molecule has 2 aliphatic carbocycles. The number of rotatable bonds is 1. The smallest absolute Gasteiger partial charge is 0.231 e. The Balaban J connectivity index is 1.85. The molecule has 1 fully saturated rings. The average Bonchev–Trinajstić information content (AvgIpc) is 2.90. The van der Waals surface area contributed by atoms with E-state index in [0.717, 1.165) is 17.3 Å². The summed E-state index contributed by atoms with van der Waals surface area (Å²) in [5.41, 5.74) is 3.37. The SMILES string of the molecule is CN(C)[C@@H]1Cc2c3n(c4cccc(O)c24)C(=O)C[C@H]2CCC[C@@H]1[C@@H]32. The van der Waals surface area contributed by atoms with Gasteiger partial charge in [0.2, 0.25) is 5.91 Å². The van der Waals surface area contributed by atoms with Gasteiger partial charge in [-0.25, -0.2) is 0 Å². The Hall–Kier alpha value is -1.81. The Bertz CT molecular complexity index is 851. The lowest BCUT2D eigenvalue weighted by Gasteiger charge is -2.49. The van der Waals surface area contributed by atoms with Crippen LogP contribution in [0.25, 0.3) is 10.9 Å². The topological polar surface area (TPSA) is 45.5 Å². The van der Waals surface area contributed by atoms with Crippen LogP contribution < -0.4 is 0 Å². The van der Waals surface area contributed by atoms with Gasteiger partial charge >= 0.3 is 0 Å². The lowest BCUT2D eigenvalue weighted by atomic mass is 9.61. The van der Waals surface area contributed by atoms with E-state index in [-0.39, 0.29) is 5.91 Å². The van der Waals surface area contributed by atoms with Crippen LogP contribution in [0, 0.1) is 11.8 Å². The fourth-order valence-corrected chi connectivity index (χ4v) is 5.90. The van der Waals surface area contributed by atoms with Crippen molar-refractivity contribution in [2.45, 2.75) is 44.1 Å². The van der Waals surface area contributed by atoms with Crippen molar-refractivity contribution in [3.63, 3.8) is 0 Å². The maximum absolute atomic E-state index is 12.9. The summed E-state index contributed by atoms with van der Waals surface area (Å²) in [6.45, 7) is 0. The molecule has 3 aliphatic rings. The third kappa shape index (κ3) is 1.70. The van der Waals surface area contributed by atoms with Crippen molar-refractivity contribution in [3.05, 3.63) is 29.5 Å². The molecular formula is C20H24N2O2. The molecular weight excluding hydrogens is 300 g/mol. The molecule has 0 unspecified atom stereocenters. The molecule has 0 radical (unpaired) electrons. The van der Waals surface area contributed by atoms with Gasteiger partial charge < -0.3 is 10.0 Å². The molecule has 0 saturated heterocycles. The van der Waals surface area contributed by atoms with E-state index in [1.165, 1.54) is 30.5 Å². The maximum atomic E-state index is 12.9. The highest BCUT2D eigenvalue weighted by Gasteiger charge is 2.49. The standard InChI is InChI=1S/C20H24N2O2/c1-21(2)15-10-13-19-14(7-4-8-16(19)23)22-17(24)9-11-5-3-6-12(15)18(11)20(13)22/h4,7-8,11-12,15,18,23H,3,5-6,9-10H2,1-2H3/t11-,12+,15-,18+/m1/s1. The number of likely N-dealkylation sites (N-methyl/N-ethyl adjacent to an activating group) is 1. The quantitative estimate of drug-likeness (QED) is 0.875. The molecule has 1 N–H and O–H groups in total. The maximum Gasteiger partial charge on any atom is 0.231 e. The lowest BCUT2D eigenvalue weighted by molar-refractivity contribution is 0.0627. The van der Waals surface area contributed by atoms with Crippen LogP contribution in [0.2, 0.25) is 0 Å². The molecule has 24 heavy (non-hydrogen) atoms. The molecule has 1 saturated carbocycles. The predicted octanol–water partition coefficient (Wildman–Crippen LogP) is 3.38. The summed E-state index contributed by atoms with van der Waals surface area (Å²) in [6, 6.07) is 6.10. The van der Waals surface area contributed by atoms with Crippen LogP contribution in [0.1, 0.15) is 47.7 Å². The Morgan fingerprint density at radius 1 is 1.21 bits per heavy atom. The van der Waals surface area contributed by atoms with E-state index >= 15 is 0 Å². The van der Waals surface area contributed by atoms with Crippen molar-refractivity contribution >= 4 is 16.8 Å². The molecule has 126 valence electrons. The molecule has 1 aliphatic heterocycles. The number of carbonyl (C=O) groups excluding carboxylic acids is 1. The normalized spacial score (nSPS) is 31.5. The second kappa shape index (κ2) is 4.85. The summed E-state index contributed by atoms with van der Waals surface area (Å²) in [4.78, 5) is 15.3. The van der Waals surface area contributed by atoms with E-state index in [9.17, 15) is 9.90 Å². The minimum atomic E-state index is 0.219. The van der Waals surface area contributed by atoms with Gasteiger partial charge in [0.05, 0.1) is 5.52 Å². The van der Waals surface area contributed by atoms with Gasteiger partial charge in [-0.3, -0.25) is 9.36 Å². The van der Waals surface area contributed by atoms with Crippen molar-refractivity contribution in [2.75, 3.05) is 14.1 Å². The molecule has 0 spiro atoms. The Kier molecular flexibility index (Phi) is 2.94. The van der Waals surface area contributed by atoms with Crippen LogP contribution >= 0.6 is 0 Å². The minimum Gasteiger partial charge on any atom is -0.507 e. The highest BCUT2D eigenvalue weighted by Crippen LogP contribution is 2.55. The van der Waals surface area contributed by atoms with Crippen LogP contribution in [0.3, 0.4) is 0 Å². The number of hydrogen-bond donors (Lipinski definition) is 1. The zero-order valence-corrected chi connectivity index (χ0v) is 14.3. The van der Waals surface area contributed by atoms with Gasteiger partial charge in [0, 0.05) is 29.5 Å². The van der Waals surface area contributed by atoms with E-state index in [0.29, 0.717) is 36.0 Å². The molecule has 5 rings (SSSR count). The molecule has 4 heteroatoms. The highest BCUT2D eigenvalue weighted by molar-refractivity contribution is 6.00. The van der Waals surface area contributed by atoms with Gasteiger partial charge in [-0.15, -0.1) is 0 Å². The Morgan fingerprint density at radius 2 is 2.04 bits per heavy atom. The third-order valence-corrected chi connectivity index (χ3v) is 6.77. The number of aromatic hydroxyl groups is 1. The van der Waals surface area contributed by atoms with E-state index < -0.39 is 0 Å². The van der Waals surface area contributed by atoms with Gasteiger partial charge in [0.1, 0.15) is 5.75 Å². The molecule has 4 nitrogen and oxygen atoms in total. The van der Waals surface area contributed by atoms with E-state index in [4.69, 9.17) is 0 Å². The number of carbonyl (C=O) groups is 1. The predicted molar refractivity (Wildman–Crippen MR) is 93.6 cm³/mol. The minimum absolute atomic E-state index is 0.219. The van der Waals surface area contributed by atoms with Gasteiger partial charge in [-0.05, 0) is 62.9 Å². The summed E-state index contributed by atoms with van der Waals surface area (Å²) in [7, 11) is 4.35. The second-order valence-electron chi connectivity index (χ2n) is 8.08. The number of phenols is 1. The zero-order valence-electron chi connectivity index (χ0n) is 14.3. The molecule has 0 bridgehead atoms. The lowest BCUT2D eigenvalue weighted by Crippen LogP contribution is -2.49. The molecule has 1 aromatic carbocycles. The van der Waals surface area contributed by atoms with Crippen LogP contribution in [0.15, 0.2) is 18.2 Å². The molecule has 1 aromatic heterocycles. The summed E-state index contributed by atoms with van der Waals surface area (Å²) in [6.07, 6.45) is 5.26. The third-order valence-electron chi connectivity index (χ3n) is 6.77. The van der Waals surface area contributed by atoms with Crippen molar-refractivity contribution in [3.8, 4) is 5.75 Å². The largest absolute Gasteiger partial charge is 0.507 e. The molecule has 2 heterocycles. The number of aromatic nitrogens is 1. The monoisotopic (exact) mass is 324 g/mol. The number of benzene rings is 1. The number of hydrogen-bond acceptors (Lipinski definition) is 3. The second-order valence-corrected chi connectivity index (χ2v) is 8.08. The first-order valence-corrected chi connectivity index (χ1v) is 9.12. The first-order valence-electron chi connectivity index (χ1n) is 9.12. The molecule has 0 amide bonds. The first kappa shape index (κ1) is 14.5. The number of phenolic OH excluding ortho intramolecular Hbond substituents is 1. The van der Waals surface area contributed by atoms with Crippen LogP contribution in [-0.4, -0.2) is 40.6 Å². The fraction of sp³-hybridized carbons (Fsp3) is 0.550. The van der Waals surface area contributed by atoms with Crippen LogP contribution in [-0.2, 0) is 6.42 Å². The van der Waals surface area contributed by atoms with Gasteiger partial charge in [0.25, 0.3) is 0 Å². The summed E-state index contributed by atoms with van der Waals surface area (Å²) < 4.78 is 1.95. The van der Waals surface area contributed by atoms with Crippen LogP contribution in [0.4, 0.5) is 0 Å². The average molecular weight is 324 g/mol. The van der Waals surface area contributed by atoms with Crippen molar-refractivity contribution < 1.29 is 9.90 Å². The number of fused-ring (bicyclic) bond motifs is 3. The molecule has 2 aromatic rings.